The van der Waals surface area contributed by atoms with E-state index in [2.05, 4.69) is 11.9 Å². The predicted molar refractivity (Wildman–Crippen MR) is 101 cm³/mol. The van der Waals surface area contributed by atoms with Crippen LogP contribution < -0.4 is 10.1 Å². The summed E-state index contributed by atoms with van der Waals surface area (Å²) in [6.07, 6.45) is 2.80. The van der Waals surface area contributed by atoms with Gasteiger partial charge in [0.15, 0.2) is 6.29 Å². The van der Waals surface area contributed by atoms with Gasteiger partial charge in [-0.25, -0.2) is 0 Å². The number of carbonyl (C=O) groups is 1. The molecule has 2 rings (SSSR count). The summed E-state index contributed by atoms with van der Waals surface area (Å²) >= 11 is 0. The smallest absolute Gasteiger partial charge is 0.150 e. The Morgan fingerprint density at radius 2 is 1.79 bits per heavy atom. The average Bonchev–Trinajstić information content (AvgIpc) is 2.59. The summed E-state index contributed by atoms with van der Waals surface area (Å²) in [6.45, 7) is 8.07. The number of hydrogen-bond donors (Lipinski definition) is 1. The topological polar surface area (TPSA) is 38.3 Å². The fraction of sp³-hybridized carbons (Fsp3) is 0.190. The molecule has 0 radical (unpaired) electrons. The van der Waals surface area contributed by atoms with Crippen molar-refractivity contribution in [2.24, 2.45) is 0 Å². The molecule has 3 heteroatoms. The van der Waals surface area contributed by atoms with Gasteiger partial charge in [-0.3, -0.25) is 4.79 Å². The third-order valence-electron chi connectivity index (χ3n) is 3.56. The molecule has 0 unspecified atom stereocenters. The molecule has 1 N–H and O–H groups in total. The highest BCUT2D eigenvalue weighted by Gasteiger charge is 2.07. The lowest BCUT2D eigenvalue weighted by Crippen LogP contribution is -2.05. The second-order valence-electron chi connectivity index (χ2n) is 5.73. The van der Waals surface area contributed by atoms with Crippen LogP contribution in [-0.2, 0) is 4.79 Å². The van der Waals surface area contributed by atoms with Crippen LogP contribution >= 0.6 is 0 Å². The van der Waals surface area contributed by atoms with Crippen molar-refractivity contribution >= 4 is 23.1 Å². The van der Waals surface area contributed by atoms with Crippen molar-refractivity contribution in [2.45, 2.75) is 20.0 Å². The molecule has 124 valence electrons. The molecule has 0 atom stereocenters. The lowest BCUT2D eigenvalue weighted by Gasteiger charge is -2.11. The Morgan fingerprint density at radius 3 is 2.38 bits per heavy atom. The molecule has 0 bridgehead atoms. The number of para-hydroxylation sites is 1. The standard InChI is InChI=1S/C21H23NO2/c1-15(2)24-19-11-9-17(10-12-19)16(3)13-18(14-23)20-7-5-6-8-21(20)22-4/h5-15,22H,3H2,1-2,4H3/b18-13+. The number of rotatable bonds is 7. The van der Waals surface area contributed by atoms with E-state index in [9.17, 15) is 4.79 Å². The van der Waals surface area contributed by atoms with Crippen molar-refractivity contribution in [3.05, 3.63) is 72.3 Å². The van der Waals surface area contributed by atoms with Crippen LogP contribution in [0.4, 0.5) is 5.69 Å². The largest absolute Gasteiger partial charge is 0.491 e. The van der Waals surface area contributed by atoms with Crippen LogP contribution in [0.3, 0.4) is 0 Å². The number of carbonyl (C=O) groups excluding carboxylic acids is 1. The van der Waals surface area contributed by atoms with E-state index in [4.69, 9.17) is 4.74 Å². The monoisotopic (exact) mass is 321 g/mol. The predicted octanol–water partition coefficient (Wildman–Crippen LogP) is 4.81. The summed E-state index contributed by atoms with van der Waals surface area (Å²) in [7, 11) is 1.84. The van der Waals surface area contributed by atoms with Crippen LogP contribution in [0.2, 0.25) is 0 Å². The van der Waals surface area contributed by atoms with E-state index in [1.807, 2.05) is 75.5 Å². The first-order chi connectivity index (χ1) is 11.5. The van der Waals surface area contributed by atoms with Crippen molar-refractivity contribution in [3.63, 3.8) is 0 Å². The number of hydrogen-bond acceptors (Lipinski definition) is 3. The van der Waals surface area contributed by atoms with Crippen LogP contribution in [0.25, 0.3) is 11.1 Å². The van der Waals surface area contributed by atoms with Gasteiger partial charge in [0.25, 0.3) is 0 Å². The second kappa shape index (κ2) is 8.16. The van der Waals surface area contributed by atoms with Crippen LogP contribution in [0.1, 0.15) is 25.0 Å². The first-order valence-corrected chi connectivity index (χ1v) is 7.95. The number of nitrogens with one attached hydrogen (secondary N) is 1. The lowest BCUT2D eigenvalue weighted by molar-refractivity contribution is -0.103. The third-order valence-corrected chi connectivity index (χ3v) is 3.56. The van der Waals surface area contributed by atoms with E-state index in [0.29, 0.717) is 5.57 Å². The van der Waals surface area contributed by atoms with Crippen molar-refractivity contribution in [3.8, 4) is 5.75 Å². The molecular weight excluding hydrogens is 298 g/mol. The van der Waals surface area contributed by atoms with E-state index in [1.54, 1.807) is 0 Å². The van der Waals surface area contributed by atoms with Gasteiger partial charge < -0.3 is 10.1 Å². The summed E-state index contributed by atoms with van der Waals surface area (Å²) in [5.74, 6) is 0.821. The van der Waals surface area contributed by atoms with Crippen LogP contribution in [0.5, 0.6) is 5.75 Å². The molecule has 2 aromatic carbocycles. The molecule has 0 fully saturated rings. The van der Waals surface area contributed by atoms with Gasteiger partial charge in [-0.15, -0.1) is 0 Å². The van der Waals surface area contributed by atoms with Gasteiger partial charge in [0.05, 0.1) is 6.10 Å². The Kier molecular flexibility index (Phi) is 5.96. The summed E-state index contributed by atoms with van der Waals surface area (Å²) in [6, 6.07) is 15.4. The maximum absolute atomic E-state index is 11.6. The first kappa shape index (κ1) is 17.5. The zero-order valence-electron chi connectivity index (χ0n) is 14.4. The summed E-state index contributed by atoms with van der Waals surface area (Å²) in [4.78, 5) is 11.6. The van der Waals surface area contributed by atoms with Gasteiger partial charge >= 0.3 is 0 Å². The molecule has 3 nitrogen and oxygen atoms in total. The normalized spacial score (nSPS) is 11.2. The van der Waals surface area contributed by atoms with Crippen molar-refractivity contribution in [1.29, 1.82) is 0 Å². The fourth-order valence-corrected chi connectivity index (χ4v) is 2.42. The summed E-state index contributed by atoms with van der Waals surface area (Å²) in [5.41, 5.74) is 4.08. The van der Waals surface area contributed by atoms with E-state index in [1.165, 1.54) is 0 Å². The molecular formula is C21H23NO2. The van der Waals surface area contributed by atoms with Gasteiger partial charge in [0.2, 0.25) is 0 Å². The minimum atomic E-state index is 0.138. The van der Waals surface area contributed by atoms with Gasteiger partial charge in [-0.05, 0) is 49.3 Å². The van der Waals surface area contributed by atoms with Gasteiger partial charge in [-0.1, -0.05) is 36.9 Å². The lowest BCUT2D eigenvalue weighted by atomic mass is 9.99. The highest BCUT2D eigenvalue weighted by atomic mass is 16.5. The minimum absolute atomic E-state index is 0.138. The molecule has 0 heterocycles. The fourth-order valence-electron chi connectivity index (χ4n) is 2.42. The Balaban J connectivity index is 2.27. The van der Waals surface area contributed by atoms with E-state index >= 15 is 0 Å². The van der Waals surface area contributed by atoms with Crippen molar-refractivity contribution in [1.82, 2.24) is 0 Å². The van der Waals surface area contributed by atoms with Crippen molar-refractivity contribution < 1.29 is 9.53 Å². The molecule has 0 amide bonds. The molecule has 0 aromatic heterocycles. The zero-order chi connectivity index (χ0) is 17.5. The number of ether oxygens (including phenoxy) is 1. The highest BCUT2D eigenvalue weighted by Crippen LogP contribution is 2.26. The maximum atomic E-state index is 11.6. The quantitative estimate of drug-likeness (QED) is 0.452. The van der Waals surface area contributed by atoms with E-state index < -0.39 is 0 Å². The molecule has 0 spiro atoms. The van der Waals surface area contributed by atoms with Gasteiger partial charge in [0, 0.05) is 23.9 Å². The summed E-state index contributed by atoms with van der Waals surface area (Å²) < 4.78 is 5.64. The molecule has 24 heavy (non-hydrogen) atoms. The Bertz CT molecular complexity index is 743. The Morgan fingerprint density at radius 1 is 1.12 bits per heavy atom. The Labute approximate surface area is 143 Å². The van der Waals surface area contributed by atoms with Gasteiger partial charge in [-0.2, -0.15) is 0 Å². The second-order valence-corrected chi connectivity index (χ2v) is 5.73. The third kappa shape index (κ3) is 4.35. The van der Waals surface area contributed by atoms with Crippen LogP contribution in [0, 0.1) is 0 Å². The number of anilines is 1. The molecule has 2 aromatic rings. The number of allylic oxidation sites excluding steroid dienone is 3. The van der Waals surface area contributed by atoms with Gasteiger partial charge in [0.1, 0.15) is 5.75 Å². The summed E-state index contributed by atoms with van der Waals surface area (Å²) in [5, 5.41) is 3.10. The van der Waals surface area contributed by atoms with E-state index in [0.717, 1.165) is 34.4 Å². The molecule has 0 aliphatic heterocycles. The Hall–Kier alpha value is -2.81. The minimum Gasteiger partial charge on any atom is -0.491 e. The molecule has 0 aliphatic carbocycles. The average molecular weight is 321 g/mol. The molecule has 0 saturated heterocycles. The maximum Gasteiger partial charge on any atom is 0.150 e. The molecule has 0 aliphatic rings. The van der Waals surface area contributed by atoms with Crippen LogP contribution in [0.15, 0.2) is 61.2 Å². The number of benzene rings is 2. The molecule has 0 saturated carbocycles. The zero-order valence-corrected chi connectivity index (χ0v) is 14.4. The van der Waals surface area contributed by atoms with E-state index in [-0.39, 0.29) is 6.10 Å². The number of aldehydes is 1. The van der Waals surface area contributed by atoms with Crippen molar-refractivity contribution in [2.75, 3.05) is 12.4 Å². The first-order valence-electron chi connectivity index (χ1n) is 7.95. The highest BCUT2D eigenvalue weighted by molar-refractivity contribution is 6.12. The van der Waals surface area contributed by atoms with Crippen LogP contribution in [-0.4, -0.2) is 19.4 Å². The SMILES string of the molecule is C=C(/C=C(\C=O)c1ccccc1NC)c1ccc(OC(C)C)cc1.